The highest BCUT2D eigenvalue weighted by Gasteiger charge is 2.40. The molecule has 1 saturated heterocycles. The number of rotatable bonds is 18. The molecule has 6 rings (SSSR count). The Morgan fingerprint density at radius 3 is 2.39 bits per heavy atom. The summed E-state index contributed by atoms with van der Waals surface area (Å²) >= 11 is 0. The van der Waals surface area contributed by atoms with E-state index in [-0.39, 0.29) is 79.8 Å². The van der Waals surface area contributed by atoms with Crippen molar-refractivity contribution in [2.45, 2.75) is 90.1 Å². The quantitative estimate of drug-likeness (QED) is 0.0421. The van der Waals surface area contributed by atoms with Gasteiger partial charge in [0.25, 0.3) is 11.8 Å². The number of nitrogens with one attached hydrogen (secondary N) is 5. The molecule has 0 aliphatic carbocycles. The van der Waals surface area contributed by atoms with E-state index in [9.17, 15) is 33.6 Å². The molecule has 1 fully saturated rings. The van der Waals surface area contributed by atoms with Gasteiger partial charge < -0.3 is 47.3 Å². The minimum Gasteiger partial charge on any atom is -0.458 e. The number of hydrogen-bond donors (Lipinski definition) is 7. The second kappa shape index (κ2) is 20.2. The van der Waals surface area contributed by atoms with Crippen LogP contribution in [0.25, 0.3) is 11.2 Å². The topological polar surface area (TPSA) is 299 Å². The first-order chi connectivity index (χ1) is 30.4. The third kappa shape index (κ3) is 11.9. The van der Waals surface area contributed by atoms with Crippen molar-refractivity contribution in [1.82, 2.24) is 46.1 Å². The molecule has 1 unspecified atom stereocenters. The number of aromatic nitrogens is 4. The molecule has 0 bridgehead atoms. The zero-order chi connectivity index (χ0) is 46.1. The number of esters is 1. The molecule has 338 valence electrons. The third-order valence-corrected chi connectivity index (χ3v) is 10.4. The van der Waals surface area contributed by atoms with Gasteiger partial charge in [0.1, 0.15) is 17.7 Å². The molecule has 9 N–H and O–H groups in total. The molecule has 2 aliphatic heterocycles. The average molecular weight is 880 g/mol. The number of hydrogen-bond acceptors (Lipinski definition) is 16. The summed E-state index contributed by atoms with van der Waals surface area (Å²) in [4.78, 5) is 109. The lowest BCUT2D eigenvalue weighted by Crippen LogP contribution is -2.52. The van der Waals surface area contributed by atoms with Crippen molar-refractivity contribution < 1.29 is 38.3 Å². The molecule has 2 aromatic carbocycles. The lowest BCUT2D eigenvalue weighted by Gasteiger charge is -2.29. The fraction of sp³-hybridized carbons (Fsp3) is 0.419. The highest BCUT2D eigenvalue weighted by atomic mass is 16.6. The van der Waals surface area contributed by atoms with Crippen molar-refractivity contribution in [2.75, 3.05) is 48.4 Å². The van der Waals surface area contributed by atoms with Crippen molar-refractivity contribution in [3.05, 3.63) is 71.0 Å². The Labute approximate surface area is 368 Å². The predicted molar refractivity (Wildman–Crippen MR) is 235 cm³/mol. The van der Waals surface area contributed by atoms with Gasteiger partial charge in [-0.15, -0.1) is 0 Å². The second-order valence-corrected chi connectivity index (χ2v) is 16.5. The molecule has 4 heterocycles. The van der Waals surface area contributed by atoms with Gasteiger partial charge in [0.2, 0.25) is 29.6 Å². The first-order valence-corrected chi connectivity index (χ1v) is 20.9. The van der Waals surface area contributed by atoms with E-state index in [2.05, 4.69) is 46.5 Å². The summed E-state index contributed by atoms with van der Waals surface area (Å²) in [6, 6.07) is 10.0. The molecule has 2 aromatic heterocycles. The Morgan fingerprint density at radius 1 is 0.969 bits per heavy atom. The SMILES string of the molecule is CN(Cc1cnc2nc(N)nc(N)c2n1)c1ccc(C(=O)N[C@@H](CCC(=O)NCCCCNC(=O)CNc2cccc3c2CN(C2CCC(=O)NC2=O)C3=O)C(=O)OC(C)(C)C)cc1. The molecule has 2 atom stereocenters. The number of carbonyl (C=O) groups is 7. The van der Waals surface area contributed by atoms with Crippen LogP contribution in [0.5, 0.6) is 0 Å². The summed E-state index contributed by atoms with van der Waals surface area (Å²) in [6.07, 6.45) is 3.06. The molecule has 0 radical (unpaired) electrons. The number of carbonyl (C=O) groups excluding carboxylic acids is 7. The highest BCUT2D eigenvalue weighted by Crippen LogP contribution is 2.32. The number of nitrogen functional groups attached to an aromatic ring is 2. The Morgan fingerprint density at radius 2 is 1.69 bits per heavy atom. The van der Waals surface area contributed by atoms with Crippen molar-refractivity contribution in [1.29, 1.82) is 0 Å². The van der Waals surface area contributed by atoms with Crippen molar-refractivity contribution in [2.24, 2.45) is 0 Å². The fourth-order valence-corrected chi connectivity index (χ4v) is 7.18. The minimum atomic E-state index is -1.09. The van der Waals surface area contributed by atoms with Gasteiger partial charge in [-0.25, -0.2) is 14.8 Å². The Hall–Kier alpha value is -7.45. The van der Waals surface area contributed by atoms with Crippen LogP contribution in [-0.2, 0) is 41.8 Å². The molecule has 0 spiro atoms. The predicted octanol–water partition coefficient (Wildman–Crippen LogP) is 1.33. The zero-order valence-electron chi connectivity index (χ0n) is 36.2. The number of nitrogens with two attached hydrogens (primary N) is 2. The monoisotopic (exact) mass is 879 g/mol. The van der Waals surface area contributed by atoms with E-state index in [4.69, 9.17) is 16.2 Å². The summed E-state index contributed by atoms with van der Waals surface area (Å²) in [5.41, 5.74) is 14.8. The molecule has 21 heteroatoms. The van der Waals surface area contributed by atoms with Gasteiger partial charge >= 0.3 is 5.97 Å². The van der Waals surface area contributed by atoms with Crippen LogP contribution in [-0.4, -0.2) is 111 Å². The molecule has 64 heavy (non-hydrogen) atoms. The first kappa shape index (κ1) is 46.1. The van der Waals surface area contributed by atoms with Gasteiger partial charge in [-0.3, -0.25) is 34.1 Å². The molecule has 0 saturated carbocycles. The number of fused-ring (bicyclic) bond motifs is 2. The minimum absolute atomic E-state index is 0.000951. The summed E-state index contributed by atoms with van der Waals surface area (Å²) in [7, 11) is 1.84. The number of anilines is 4. The Kier molecular flexibility index (Phi) is 14.5. The number of amides is 6. The maximum atomic E-state index is 13.3. The van der Waals surface area contributed by atoms with E-state index in [0.717, 1.165) is 5.69 Å². The molecule has 21 nitrogen and oxygen atoms in total. The number of benzene rings is 2. The zero-order valence-corrected chi connectivity index (χ0v) is 36.2. The molecule has 4 aromatic rings. The highest BCUT2D eigenvalue weighted by molar-refractivity contribution is 6.06. The Bertz CT molecular complexity index is 2440. The van der Waals surface area contributed by atoms with Crippen molar-refractivity contribution >= 4 is 75.7 Å². The average Bonchev–Trinajstić information content (AvgIpc) is 3.58. The van der Waals surface area contributed by atoms with Gasteiger partial charge in [-0.1, -0.05) is 6.07 Å². The number of nitrogens with zero attached hydrogens (tertiary/aromatic N) is 6. The summed E-state index contributed by atoms with van der Waals surface area (Å²) in [5.74, 6) is -2.79. The maximum Gasteiger partial charge on any atom is 0.329 e. The van der Waals surface area contributed by atoms with Gasteiger partial charge in [-0.05, 0) is 82.9 Å². The van der Waals surface area contributed by atoms with Crippen LogP contribution in [0, 0.1) is 0 Å². The van der Waals surface area contributed by atoms with E-state index < -0.39 is 35.5 Å². The van der Waals surface area contributed by atoms with Gasteiger partial charge in [0.05, 0.1) is 25.0 Å². The van der Waals surface area contributed by atoms with Crippen molar-refractivity contribution in [3.8, 4) is 0 Å². The number of piperidine rings is 1. The second-order valence-electron chi connectivity index (χ2n) is 16.5. The lowest BCUT2D eigenvalue weighted by atomic mass is 10.0. The summed E-state index contributed by atoms with van der Waals surface area (Å²) < 4.78 is 5.56. The molecular formula is C43H53N13O8. The van der Waals surface area contributed by atoms with Gasteiger partial charge in [-0.2, -0.15) is 9.97 Å². The third-order valence-electron chi connectivity index (χ3n) is 10.4. The van der Waals surface area contributed by atoms with Gasteiger partial charge in [0, 0.05) is 67.6 Å². The fourth-order valence-electron chi connectivity index (χ4n) is 7.18. The summed E-state index contributed by atoms with van der Waals surface area (Å²) in [6.45, 7) is 6.31. The number of unbranched alkanes of at least 4 members (excludes halogenated alkanes) is 1. The van der Waals surface area contributed by atoms with E-state index in [1.165, 1.54) is 4.90 Å². The van der Waals surface area contributed by atoms with E-state index in [0.29, 0.717) is 66.1 Å². The first-order valence-electron chi connectivity index (χ1n) is 20.9. The van der Waals surface area contributed by atoms with Crippen LogP contribution >= 0.6 is 0 Å². The van der Waals surface area contributed by atoms with Crippen LogP contribution in [0.3, 0.4) is 0 Å². The van der Waals surface area contributed by atoms with Crippen LogP contribution in [0.15, 0.2) is 48.7 Å². The van der Waals surface area contributed by atoms with Crippen LogP contribution in [0.1, 0.15) is 91.3 Å². The molecule has 6 amide bonds. The smallest absolute Gasteiger partial charge is 0.329 e. The largest absolute Gasteiger partial charge is 0.458 e. The number of imide groups is 1. The molecule has 2 aliphatic rings. The van der Waals surface area contributed by atoms with E-state index in [1.807, 2.05) is 11.9 Å². The van der Waals surface area contributed by atoms with Crippen LogP contribution in [0.4, 0.5) is 23.1 Å². The standard InChI is InChI=1S/C43H53N13O8/c1-43(2,3)64-41(63)30(51-38(60)24-10-12-26(13-11-24)55(4)22-25-20-49-37-35(50-25)36(44)53-42(45)54-37)14-16-32(57)46-18-5-6-19-47-34(59)21-48-29-9-7-8-27-28(29)23-56(40(27)62)31-15-17-33(58)52-39(31)61/h7-13,20,30-31,48H,5-6,14-19,21-23H2,1-4H3,(H,46,57)(H,47,59)(H,51,60)(H,52,58,61)(H4,44,45,49,53,54)/t30-,31?/m0/s1. The molecular weight excluding hydrogens is 827 g/mol. The Balaban J connectivity index is 0.910. The van der Waals surface area contributed by atoms with Gasteiger partial charge in [0.15, 0.2) is 17.0 Å². The maximum absolute atomic E-state index is 13.3. The van der Waals surface area contributed by atoms with Crippen LogP contribution in [0.2, 0.25) is 0 Å². The van der Waals surface area contributed by atoms with E-state index in [1.54, 1.807) is 69.4 Å². The summed E-state index contributed by atoms with van der Waals surface area (Å²) in [5, 5.41) is 13.8. The normalized spacial score (nSPS) is 15.2. The van der Waals surface area contributed by atoms with E-state index >= 15 is 0 Å². The van der Waals surface area contributed by atoms with Crippen LogP contribution < -0.4 is 43.0 Å². The van der Waals surface area contributed by atoms with Crippen molar-refractivity contribution in [3.63, 3.8) is 0 Å². The lowest BCUT2D eigenvalue weighted by molar-refractivity contribution is -0.157. The number of ether oxygens (including phenoxy) is 1.